The van der Waals surface area contributed by atoms with Gasteiger partial charge in [0.1, 0.15) is 0 Å². The summed E-state index contributed by atoms with van der Waals surface area (Å²) in [4.78, 5) is 39.4. The summed E-state index contributed by atoms with van der Waals surface area (Å²) < 4.78 is 75.6. The highest BCUT2D eigenvalue weighted by Gasteiger charge is 2.50. The molecule has 1 fully saturated rings. The summed E-state index contributed by atoms with van der Waals surface area (Å²) in [7, 11) is 0. The minimum absolute atomic E-state index is 0.0447. The first-order valence-corrected chi connectivity index (χ1v) is 14.1. The third-order valence-electron chi connectivity index (χ3n) is 6.03. The molecule has 3 amide bonds. The molecule has 2 aromatic rings. The van der Waals surface area contributed by atoms with Crippen LogP contribution >= 0.6 is 58.4 Å². The maximum Gasteiger partial charge on any atom is 0.417 e. The molecular weight excluding hydrogens is 678 g/mol. The standard InChI is InChI=1S/C16H11ClF6N2O.C9H8Cl3NO2S/c17-12-7-9(15(18,19)20)8-25-13(12)5-6-24-14(26)10-3-1-2-4-11(10)16(21,22)23;10-9(11,12)16-13-7(14)5-3-1-2-4-6(5)8(13)15/h1-4,7-8H,5-6H2,(H,24,26);1-2,5-6H,3-4H2. The van der Waals surface area contributed by atoms with Gasteiger partial charge in [-0.2, -0.15) is 26.3 Å². The highest BCUT2D eigenvalue weighted by molar-refractivity contribution is 8.03. The van der Waals surface area contributed by atoms with Crippen molar-refractivity contribution in [2.24, 2.45) is 11.8 Å². The zero-order valence-corrected chi connectivity index (χ0v) is 24.7. The lowest BCUT2D eigenvalue weighted by Gasteiger charge is -2.17. The number of hydrogen-bond acceptors (Lipinski definition) is 5. The van der Waals surface area contributed by atoms with E-state index in [1.807, 2.05) is 12.2 Å². The van der Waals surface area contributed by atoms with Crippen LogP contribution in [0.4, 0.5) is 26.3 Å². The molecule has 1 N–H and O–H groups in total. The summed E-state index contributed by atoms with van der Waals surface area (Å²) in [6, 6.07) is 4.96. The largest absolute Gasteiger partial charge is 0.417 e. The summed E-state index contributed by atoms with van der Waals surface area (Å²) >= 11 is 23.1. The molecule has 0 saturated carbocycles. The molecule has 2 heterocycles. The van der Waals surface area contributed by atoms with E-state index < -0.39 is 38.1 Å². The molecule has 1 aliphatic heterocycles. The van der Waals surface area contributed by atoms with Crippen molar-refractivity contribution in [1.82, 2.24) is 14.6 Å². The van der Waals surface area contributed by atoms with Gasteiger partial charge in [-0.25, -0.2) is 4.31 Å². The predicted molar refractivity (Wildman–Crippen MR) is 147 cm³/mol. The first-order valence-electron chi connectivity index (χ1n) is 11.8. The Morgan fingerprint density at radius 1 is 0.976 bits per heavy atom. The SMILES string of the molecule is O=C(NCCc1ncc(C(F)(F)F)cc1Cl)c1ccccc1C(F)(F)F.O=C1C2CC=CCC2C(=O)N1SC(Cl)(Cl)Cl. The molecule has 0 radical (unpaired) electrons. The summed E-state index contributed by atoms with van der Waals surface area (Å²) in [6.07, 6.45) is -3.72. The van der Waals surface area contributed by atoms with Gasteiger partial charge in [0, 0.05) is 31.1 Å². The van der Waals surface area contributed by atoms with Gasteiger partial charge in [-0.1, -0.05) is 70.7 Å². The lowest BCUT2D eigenvalue weighted by Crippen LogP contribution is -2.28. The average Bonchev–Trinajstić information content (AvgIpc) is 3.12. The fraction of sp³-hybridized carbons (Fsp3) is 0.360. The van der Waals surface area contributed by atoms with Crippen LogP contribution in [0.15, 0.2) is 48.7 Å². The van der Waals surface area contributed by atoms with E-state index in [-0.39, 0.29) is 47.3 Å². The minimum Gasteiger partial charge on any atom is -0.352 e. The molecule has 17 heteroatoms. The van der Waals surface area contributed by atoms with Crippen molar-refractivity contribution in [2.75, 3.05) is 6.54 Å². The lowest BCUT2D eigenvalue weighted by molar-refractivity contribution is -0.138. The first kappa shape index (κ1) is 34.3. The van der Waals surface area contributed by atoms with Crippen LogP contribution in [0, 0.1) is 11.8 Å². The van der Waals surface area contributed by atoms with Crippen LogP contribution < -0.4 is 5.32 Å². The number of alkyl halides is 9. The van der Waals surface area contributed by atoms with E-state index in [1.165, 1.54) is 6.07 Å². The second-order valence-electron chi connectivity index (χ2n) is 8.86. The Balaban J connectivity index is 0.000000258. The Hall–Kier alpha value is -2.19. The summed E-state index contributed by atoms with van der Waals surface area (Å²) in [6.45, 7) is -0.150. The number of nitrogens with one attached hydrogen (secondary N) is 1. The number of allylic oxidation sites excluding steroid dienone is 2. The summed E-state index contributed by atoms with van der Waals surface area (Å²) in [5.41, 5.74) is -2.56. The fourth-order valence-electron chi connectivity index (χ4n) is 4.09. The van der Waals surface area contributed by atoms with Crippen molar-refractivity contribution < 1.29 is 40.7 Å². The molecule has 6 nitrogen and oxygen atoms in total. The predicted octanol–water partition coefficient (Wildman–Crippen LogP) is 7.66. The van der Waals surface area contributed by atoms with Crippen LogP contribution in [0.5, 0.6) is 0 Å². The number of aromatic nitrogens is 1. The van der Waals surface area contributed by atoms with Crippen molar-refractivity contribution in [1.29, 1.82) is 0 Å². The minimum atomic E-state index is -4.69. The highest BCUT2D eigenvalue weighted by atomic mass is 35.6. The molecule has 2 aliphatic rings. The zero-order valence-electron chi connectivity index (χ0n) is 20.9. The number of nitrogens with zero attached hydrogens (tertiary/aromatic N) is 2. The number of benzene rings is 1. The molecule has 1 aromatic heterocycles. The average molecular weight is 697 g/mol. The number of amides is 3. The van der Waals surface area contributed by atoms with Crippen molar-refractivity contribution in [3.8, 4) is 0 Å². The van der Waals surface area contributed by atoms with Crippen LogP contribution in [0.3, 0.4) is 0 Å². The zero-order chi connectivity index (χ0) is 31.5. The monoisotopic (exact) mass is 695 g/mol. The Labute approximate surface area is 259 Å². The van der Waals surface area contributed by atoms with E-state index >= 15 is 0 Å². The maximum atomic E-state index is 12.9. The van der Waals surface area contributed by atoms with E-state index in [0.717, 1.165) is 22.5 Å². The normalized spacial score (nSPS) is 18.9. The maximum absolute atomic E-state index is 12.9. The first-order chi connectivity index (χ1) is 19.4. The van der Waals surface area contributed by atoms with E-state index in [1.54, 1.807) is 0 Å². The molecule has 228 valence electrons. The van der Waals surface area contributed by atoms with Crippen LogP contribution in [0.1, 0.15) is 40.0 Å². The van der Waals surface area contributed by atoms with Crippen molar-refractivity contribution in [3.63, 3.8) is 0 Å². The van der Waals surface area contributed by atoms with Crippen LogP contribution in [0.25, 0.3) is 0 Å². The van der Waals surface area contributed by atoms with Gasteiger partial charge in [0.15, 0.2) is 0 Å². The number of fused-ring (bicyclic) bond motifs is 1. The Kier molecular flexibility index (Phi) is 11.1. The van der Waals surface area contributed by atoms with Crippen molar-refractivity contribution in [3.05, 3.63) is 76.1 Å². The quantitative estimate of drug-likeness (QED) is 0.114. The van der Waals surface area contributed by atoms with E-state index in [4.69, 9.17) is 46.4 Å². The summed E-state index contributed by atoms with van der Waals surface area (Å²) in [5, 5.41) is 2.03. The topological polar surface area (TPSA) is 79.4 Å². The summed E-state index contributed by atoms with van der Waals surface area (Å²) in [5.74, 6) is -2.03. The second kappa shape index (κ2) is 13.6. The molecule has 2 atom stereocenters. The number of hydrogen-bond donors (Lipinski definition) is 1. The van der Waals surface area contributed by atoms with Gasteiger partial charge < -0.3 is 5.32 Å². The van der Waals surface area contributed by atoms with E-state index in [2.05, 4.69) is 10.3 Å². The Morgan fingerprint density at radius 2 is 1.55 bits per heavy atom. The van der Waals surface area contributed by atoms with E-state index in [0.29, 0.717) is 37.1 Å². The van der Waals surface area contributed by atoms with Crippen LogP contribution in [-0.4, -0.2) is 36.7 Å². The number of carbonyl (C=O) groups is 3. The van der Waals surface area contributed by atoms with E-state index in [9.17, 15) is 40.7 Å². The van der Waals surface area contributed by atoms with Gasteiger partial charge in [-0.3, -0.25) is 19.4 Å². The molecule has 42 heavy (non-hydrogen) atoms. The molecule has 2 unspecified atom stereocenters. The fourth-order valence-corrected chi connectivity index (χ4v) is 5.63. The molecule has 1 aliphatic carbocycles. The number of halogens is 10. The second-order valence-corrected chi connectivity index (χ2v) is 13.4. The Morgan fingerprint density at radius 3 is 2.05 bits per heavy atom. The highest BCUT2D eigenvalue weighted by Crippen LogP contribution is 2.46. The van der Waals surface area contributed by atoms with Crippen LogP contribution in [-0.2, 0) is 28.4 Å². The number of pyridine rings is 1. The van der Waals surface area contributed by atoms with Gasteiger partial charge in [-0.05, 0) is 31.0 Å². The number of carbonyl (C=O) groups excluding carboxylic acids is 3. The van der Waals surface area contributed by atoms with Gasteiger partial charge in [-0.15, -0.1) is 0 Å². The van der Waals surface area contributed by atoms with Gasteiger partial charge in [0.25, 0.3) is 9.03 Å². The third-order valence-corrected chi connectivity index (χ3v) is 7.73. The van der Waals surface area contributed by atoms with Crippen molar-refractivity contribution in [2.45, 2.75) is 34.7 Å². The number of rotatable bonds is 5. The molecule has 1 saturated heterocycles. The molecular formula is C25H19Cl4F6N3O3S. The van der Waals surface area contributed by atoms with Crippen LogP contribution in [0.2, 0.25) is 5.02 Å². The molecule has 0 spiro atoms. The Bertz CT molecular complexity index is 1340. The van der Waals surface area contributed by atoms with Gasteiger partial charge >= 0.3 is 12.4 Å². The smallest absolute Gasteiger partial charge is 0.352 e. The molecule has 1 aromatic carbocycles. The lowest BCUT2D eigenvalue weighted by atomic mass is 9.85. The molecule has 0 bridgehead atoms. The van der Waals surface area contributed by atoms with Gasteiger partial charge in [0.05, 0.1) is 39.2 Å². The molecule has 4 rings (SSSR count). The van der Waals surface area contributed by atoms with Crippen molar-refractivity contribution >= 4 is 76.1 Å². The number of imide groups is 1. The van der Waals surface area contributed by atoms with Gasteiger partial charge in [0.2, 0.25) is 11.8 Å². The third kappa shape index (κ3) is 8.91.